The van der Waals surface area contributed by atoms with E-state index in [0.29, 0.717) is 40.6 Å². The minimum Gasteiger partial charge on any atom is -0.493 e. The Morgan fingerprint density at radius 1 is 0.897 bits per heavy atom. The third-order valence-corrected chi connectivity index (χ3v) is 6.46. The summed E-state index contributed by atoms with van der Waals surface area (Å²) in [6, 6.07) is 27.7. The molecule has 1 aliphatic rings. The van der Waals surface area contributed by atoms with Gasteiger partial charge in [0, 0.05) is 28.9 Å². The number of methoxy groups -OCH3 is 1. The van der Waals surface area contributed by atoms with Crippen molar-refractivity contribution in [1.82, 2.24) is 9.97 Å². The maximum atomic E-state index is 11.2. The molecule has 0 unspecified atom stereocenters. The maximum Gasteiger partial charge on any atom is 0.341 e. The average molecular weight is 517 g/mol. The van der Waals surface area contributed by atoms with E-state index < -0.39 is 12.6 Å². The topological polar surface area (TPSA) is 106 Å². The van der Waals surface area contributed by atoms with Gasteiger partial charge in [-0.05, 0) is 46.5 Å². The minimum atomic E-state index is -1.08. The van der Waals surface area contributed by atoms with Crippen molar-refractivity contribution in [2.75, 3.05) is 19.0 Å². The molecule has 1 aliphatic heterocycles. The minimum absolute atomic E-state index is 0.291. The molecule has 0 saturated carbocycles. The number of benzene rings is 4. The lowest BCUT2D eigenvalue weighted by molar-refractivity contribution is -0.139. The summed E-state index contributed by atoms with van der Waals surface area (Å²) in [5.41, 5.74) is 6.69. The number of aliphatic imine (C=N–C) groups is 1. The molecule has 2 heterocycles. The smallest absolute Gasteiger partial charge is 0.341 e. The quantitative estimate of drug-likeness (QED) is 0.256. The molecule has 0 saturated heterocycles. The van der Waals surface area contributed by atoms with Gasteiger partial charge in [-0.2, -0.15) is 0 Å². The van der Waals surface area contributed by atoms with E-state index in [9.17, 15) is 4.79 Å². The van der Waals surface area contributed by atoms with E-state index >= 15 is 0 Å². The number of carboxylic acid groups (broad SMARTS) is 1. The van der Waals surface area contributed by atoms with Crippen molar-refractivity contribution < 1.29 is 19.4 Å². The van der Waals surface area contributed by atoms with Crippen LogP contribution in [0.5, 0.6) is 11.5 Å². The number of anilines is 2. The van der Waals surface area contributed by atoms with Crippen molar-refractivity contribution >= 4 is 34.6 Å². The number of aliphatic carboxylic acids is 1. The summed E-state index contributed by atoms with van der Waals surface area (Å²) in [4.78, 5) is 25.3. The summed E-state index contributed by atoms with van der Waals surface area (Å²) in [7, 11) is 1.51. The van der Waals surface area contributed by atoms with Crippen LogP contribution in [-0.4, -0.2) is 41.0 Å². The van der Waals surface area contributed by atoms with Gasteiger partial charge in [-0.3, -0.25) is 4.99 Å². The van der Waals surface area contributed by atoms with Gasteiger partial charge in [-0.25, -0.2) is 14.8 Å². The SMILES string of the molecule is COc1cc2nc(-c3cccc(-c4ccccc4)c3)nc(Nc3ccc4c(c3)C=NC4)c2cc1OCC(=O)O. The molecule has 0 spiro atoms. The number of hydrogen-bond acceptors (Lipinski definition) is 7. The highest BCUT2D eigenvalue weighted by atomic mass is 16.5. The zero-order valence-electron chi connectivity index (χ0n) is 21.1. The Morgan fingerprint density at radius 3 is 2.54 bits per heavy atom. The highest BCUT2D eigenvalue weighted by molar-refractivity contribution is 5.95. The van der Waals surface area contributed by atoms with E-state index in [1.54, 1.807) is 12.1 Å². The molecule has 1 aromatic heterocycles. The van der Waals surface area contributed by atoms with E-state index in [-0.39, 0.29) is 0 Å². The number of carbonyl (C=O) groups is 1. The van der Waals surface area contributed by atoms with E-state index in [0.717, 1.165) is 27.9 Å². The molecule has 0 atom stereocenters. The number of aromatic nitrogens is 2. The fourth-order valence-corrected chi connectivity index (χ4v) is 4.56. The van der Waals surface area contributed by atoms with Crippen LogP contribution < -0.4 is 14.8 Å². The van der Waals surface area contributed by atoms with Crippen LogP contribution in [0.1, 0.15) is 11.1 Å². The highest BCUT2D eigenvalue weighted by Gasteiger charge is 2.17. The molecule has 0 bridgehead atoms. The number of nitrogens with one attached hydrogen (secondary N) is 1. The van der Waals surface area contributed by atoms with Gasteiger partial charge >= 0.3 is 5.97 Å². The second-order valence-corrected chi connectivity index (χ2v) is 9.05. The molecular weight excluding hydrogens is 492 g/mol. The molecule has 5 aromatic rings. The average Bonchev–Trinajstić information content (AvgIpc) is 3.44. The Bertz CT molecular complexity index is 1730. The summed E-state index contributed by atoms with van der Waals surface area (Å²) in [5, 5.41) is 13.2. The summed E-state index contributed by atoms with van der Waals surface area (Å²) >= 11 is 0. The molecule has 4 aromatic carbocycles. The predicted molar refractivity (Wildman–Crippen MR) is 151 cm³/mol. The zero-order valence-corrected chi connectivity index (χ0v) is 21.1. The fraction of sp³-hybridized carbons (Fsp3) is 0.0968. The van der Waals surface area contributed by atoms with Gasteiger partial charge < -0.3 is 19.9 Å². The van der Waals surface area contributed by atoms with Crippen LogP contribution in [0.25, 0.3) is 33.4 Å². The van der Waals surface area contributed by atoms with Gasteiger partial charge in [0.2, 0.25) is 0 Å². The van der Waals surface area contributed by atoms with Gasteiger partial charge in [0.25, 0.3) is 0 Å². The molecular formula is C31H24N4O4. The summed E-state index contributed by atoms with van der Waals surface area (Å²) in [5.74, 6) is 0.676. The molecule has 6 rings (SSSR count). The number of rotatable bonds is 8. The summed E-state index contributed by atoms with van der Waals surface area (Å²) in [6.07, 6.45) is 1.86. The van der Waals surface area contributed by atoms with E-state index in [1.165, 1.54) is 12.7 Å². The van der Waals surface area contributed by atoms with Crippen molar-refractivity contribution in [3.8, 4) is 34.0 Å². The standard InChI is InChI=1S/C31H24N4O4/c1-38-27-15-26-25(14-28(27)39-18-29(36)37)31(33-24-11-10-22-16-32-17-23(22)13-24)35-30(34-26)21-9-5-8-20(12-21)19-6-3-2-4-7-19/h2-15,17H,16,18H2,1H3,(H,36,37)(H,33,34,35). The molecule has 8 nitrogen and oxygen atoms in total. The third kappa shape index (κ3) is 5.00. The van der Waals surface area contributed by atoms with Gasteiger partial charge in [0.1, 0.15) is 5.82 Å². The summed E-state index contributed by atoms with van der Waals surface area (Å²) in [6.45, 7) is 0.179. The van der Waals surface area contributed by atoms with Crippen molar-refractivity contribution in [3.05, 3.63) is 96.1 Å². The molecule has 0 fully saturated rings. The first kappa shape index (κ1) is 24.1. The Kier molecular flexibility index (Phi) is 6.34. The molecule has 0 amide bonds. The number of carboxylic acids is 1. The lowest BCUT2D eigenvalue weighted by Crippen LogP contribution is -2.10. The summed E-state index contributed by atoms with van der Waals surface area (Å²) < 4.78 is 11.0. The van der Waals surface area contributed by atoms with Crippen LogP contribution in [0.3, 0.4) is 0 Å². The second kappa shape index (κ2) is 10.3. The molecule has 0 aliphatic carbocycles. The van der Waals surface area contributed by atoms with Crippen molar-refractivity contribution in [2.45, 2.75) is 6.54 Å². The van der Waals surface area contributed by atoms with Crippen molar-refractivity contribution in [2.24, 2.45) is 4.99 Å². The fourth-order valence-electron chi connectivity index (χ4n) is 4.56. The lowest BCUT2D eigenvalue weighted by Gasteiger charge is -2.15. The van der Waals surface area contributed by atoms with Gasteiger partial charge in [0.05, 0.1) is 19.2 Å². The number of fused-ring (bicyclic) bond motifs is 2. The van der Waals surface area contributed by atoms with Gasteiger partial charge in [-0.1, -0.05) is 54.6 Å². The Balaban J connectivity index is 1.49. The van der Waals surface area contributed by atoms with Crippen molar-refractivity contribution in [3.63, 3.8) is 0 Å². The Morgan fingerprint density at radius 2 is 1.72 bits per heavy atom. The van der Waals surface area contributed by atoms with Crippen LogP contribution in [0.15, 0.2) is 89.9 Å². The van der Waals surface area contributed by atoms with Crippen LogP contribution in [0, 0.1) is 0 Å². The number of hydrogen-bond donors (Lipinski definition) is 2. The third-order valence-electron chi connectivity index (χ3n) is 6.46. The number of nitrogens with zero attached hydrogens (tertiary/aromatic N) is 3. The normalized spacial score (nSPS) is 11.8. The molecule has 0 radical (unpaired) electrons. The van der Waals surface area contributed by atoms with Crippen LogP contribution >= 0.6 is 0 Å². The lowest BCUT2D eigenvalue weighted by atomic mass is 10.0. The molecule has 8 heteroatoms. The van der Waals surface area contributed by atoms with Crippen LogP contribution in [-0.2, 0) is 11.3 Å². The maximum absolute atomic E-state index is 11.2. The Labute approximate surface area is 224 Å². The van der Waals surface area contributed by atoms with Crippen LogP contribution in [0.4, 0.5) is 11.5 Å². The predicted octanol–water partition coefficient (Wildman–Crippen LogP) is 6.11. The Hall–Kier alpha value is -5.24. The monoisotopic (exact) mass is 516 g/mol. The number of ether oxygens (including phenoxy) is 2. The van der Waals surface area contributed by atoms with E-state index in [4.69, 9.17) is 24.5 Å². The first-order chi connectivity index (χ1) is 19.1. The largest absolute Gasteiger partial charge is 0.493 e. The van der Waals surface area contributed by atoms with Crippen LogP contribution in [0.2, 0.25) is 0 Å². The molecule has 39 heavy (non-hydrogen) atoms. The highest BCUT2D eigenvalue weighted by Crippen LogP contribution is 2.37. The molecule has 192 valence electrons. The van der Waals surface area contributed by atoms with E-state index in [2.05, 4.69) is 34.6 Å². The van der Waals surface area contributed by atoms with E-state index in [1.807, 2.05) is 54.7 Å². The second-order valence-electron chi connectivity index (χ2n) is 9.05. The van der Waals surface area contributed by atoms with Crippen molar-refractivity contribution in [1.29, 1.82) is 0 Å². The van der Waals surface area contributed by atoms with Gasteiger partial charge in [0.15, 0.2) is 23.9 Å². The van der Waals surface area contributed by atoms with Gasteiger partial charge in [-0.15, -0.1) is 0 Å². The first-order valence-electron chi connectivity index (χ1n) is 12.4. The molecule has 2 N–H and O–H groups in total. The zero-order chi connectivity index (χ0) is 26.8. The first-order valence-corrected chi connectivity index (χ1v) is 12.4.